The van der Waals surface area contributed by atoms with E-state index in [9.17, 15) is 8.42 Å². The average molecular weight is 341 g/mol. The highest BCUT2D eigenvalue weighted by molar-refractivity contribution is 9.10. The molecule has 0 fully saturated rings. The van der Waals surface area contributed by atoms with Gasteiger partial charge in [0.1, 0.15) is 0 Å². The molecule has 0 radical (unpaired) electrons. The second-order valence-corrected chi connectivity index (χ2v) is 7.48. The molecule has 0 amide bonds. The van der Waals surface area contributed by atoms with E-state index in [0.717, 1.165) is 10.0 Å². The maximum absolute atomic E-state index is 12.0. The standard InChI is InChI=1S/C11H15BrClNO2S/c1-9(7-13)17(15,16)14(2)8-10-5-3-4-6-11(10)12/h3-6,9H,7-8H2,1-2H3. The normalized spacial score (nSPS) is 13.9. The third-order valence-electron chi connectivity index (χ3n) is 2.51. The number of rotatable bonds is 5. The minimum atomic E-state index is -3.32. The molecule has 0 aliphatic rings. The summed E-state index contributed by atoms with van der Waals surface area (Å²) in [5.74, 6) is 0.0998. The molecule has 96 valence electrons. The van der Waals surface area contributed by atoms with E-state index in [4.69, 9.17) is 11.6 Å². The van der Waals surface area contributed by atoms with Crippen LogP contribution in [0.1, 0.15) is 12.5 Å². The van der Waals surface area contributed by atoms with Crippen molar-refractivity contribution >= 4 is 37.6 Å². The Labute approximate surface area is 116 Å². The summed E-state index contributed by atoms with van der Waals surface area (Å²) in [7, 11) is -1.76. The Balaban J connectivity index is 2.87. The highest BCUT2D eigenvalue weighted by atomic mass is 79.9. The monoisotopic (exact) mass is 339 g/mol. The molecule has 0 saturated heterocycles. The molecule has 1 unspecified atom stereocenters. The molecule has 1 aromatic rings. The zero-order valence-electron chi connectivity index (χ0n) is 9.73. The summed E-state index contributed by atoms with van der Waals surface area (Å²) >= 11 is 9.00. The molecule has 0 aromatic heterocycles. The quantitative estimate of drug-likeness (QED) is 0.773. The molecule has 0 spiro atoms. The number of hydrogen-bond acceptors (Lipinski definition) is 2. The number of halogens is 2. The van der Waals surface area contributed by atoms with Gasteiger partial charge in [-0.15, -0.1) is 11.6 Å². The molecule has 6 heteroatoms. The van der Waals surface area contributed by atoms with Crippen LogP contribution in [-0.2, 0) is 16.6 Å². The number of alkyl halides is 1. The summed E-state index contributed by atoms with van der Waals surface area (Å²) in [5.41, 5.74) is 0.931. The van der Waals surface area contributed by atoms with Gasteiger partial charge in [-0.25, -0.2) is 12.7 Å². The Kier molecular flexibility index (Phi) is 5.44. The van der Waals surface area contributed by atoms with E-state index in [1.54, 1.807) is 14.0 Å². The van der Waals surface area contributed by atoms with Crippen LogP contribution < -0.4 is 0 Å². The molecule has 0 bridgehead atoms. The van der Waals surface area contributed by atoms with E-state index in [-0.39, 0.29) is 5.88 Å². The highest BCUT2D eigenvalue weighted by Gasteiger charge is 2.25. The van der Waals surface area contributed by atoms with Gasteiger partial charge >= 0.3 is 0 Å². The summed E-state index contributed by atoms with van der Waals surface area (Å²) in [6, 6.07) is 7.55. The maximum Gasteiger partial charge on any atom is 0.217 e. The third-order valence-corrected chi connectivity index (χ3v) is 6.11. The van der Waals surface area contributed by atoms with Crippen molar-refractivity contribution in [3.05, 3.63) is 34.3 Å². The minimum absolute atomic E-state index is 0.0998. The van der Waals surface area contributed by atoms with Crippen molar-refractivity contribution in [1.29, 1.82) is 0 Å². The molecule has 1 aromatic carbocycles. The molecule has 0 N–H and O–H groups in total. The van der Waals surface area contributed by atoms with E-state index in [1.807, 2.05) is 24.3 Å². The van der Waals surface area contributed by atoms with Gasteiger partial charge < -0.3 is 0 Å². The lowest BCUT2D eigenvalue weighted by molar-refractivity contribution is 0.459. The van der Waals surface area contributed by atoms with Gasteiger partial charge in [0.15, 0.2) is 0 Å². The van der Waals surface area contributed by atoms with Crippen LogP contribution in [0.3, 0.4) is 0 Å². The molecule has 0 saturated carbocycles. The SMILES string of the molecule is CC(CCl)S(=O)(=O)N(C)Cc1ccccc1Br. The zero-order chi connectivity index (χ0) is 13.1. The van der Waals surface area contributed by atoms with Gasteiger partial charge in [-0.1, -0.05) is 34.1 Å². The van der Waals surface area contributed by atoms with Crippen LogP contribution in [0, 0.1) is 0 Å². The number of benzene rings is 1. The Morgan fingerprint density at radius 2 is 2.00 bits per heavy atom. The Hall–Kier alpha value is -0.100. The molecule has 0 aliphatic carbocycles. The van der Waals surface area contributed by atoms with Crippen molar-refractivity contribution in [2.24, 2.45) is 0 Å². The van der Waals surface area contributed by atoms with Crippen molar-refractivity contribution in [3.8, 4) is 0 Å². The smallest absolute Gasteiger partial charge is 0.212 e. The van der Waals surface area contributed by atoms with Gasteiger partial charge in [0.05, 0.1) is 5.25 Å². The van der Waals surface area contributed by atoms with Gasteiger partial charge in [-0.2, -0.15) is 0 Å². The van der Waals surface area contributed by atoms with E-state index in [2.05, 4.69) is 15.9 Å². The van der Waals surface area contributed by atoms with Crippen molar-refractivity contribution < 1.29 is 8.42 Å². The van der Waals surface area contributed by atoms with Gasteiger partial charge in [0.2, 0.25) is 10.0 Å². The van der Waals surface area contributed by atoms with Crippen LogP contribution in [0.25, 0.3) is 0 Å². The maximum atomic E-state index is 12.0. The van der Waals surface area contributed by atoms with Crippen molar-refractivity contribution in [2.75, 3.05) is 12.9 Å². The average Bonchev–Trinajstić information content (AvgIpc) is 2.30. The summed E-state index contributed by atoms with van der Waals surface area (Å²) in [4.78, 5) is 0. The highest BCUT2D eigenvalue weighted by Crippen LogP contribution is 2.19. The van der Waals surface area contributed by atoms with Crippen molar-refractivity contribution in [1.82, 2.24) is 4.31 Å². The number of hydrogen-bond donors (Lipinski definition) is 0. The first-order valence-corrected chi connectivity index (χ1v) is 7.97. The van der Waals surface area contributed by atoms with E-state index in [0.29, 0.717) is 6.54 Å². The van der Waals surface area contributed by atoms with Crippen LogP contribution in [0.5, 0.6) is 0 Å². The molecule has 1 rings (SSSR count). The first-order valence-electron chi connectivity index (χ1n) is 5.14. The van der Waals surface area contributed by atoms with Crippen molar-refractivity contribution in [3.63, 3.8) is 0 Å². The van der Waals surface area contributed by atoms with Crippen LogP contribution in [0.2, 0.25) is 0 Å². The lowest BCUT2D eigenvalue weighted by Gasteiger charge is -2.21. The molecule has 17 heavy (non-hydrogen) atoms. The van der Waals surface area contributed by atoms with Crippen LogP contribution >= 0.6 is 27.5 Å². The summed E-state index contributed by atoms with van der Waals surface area (Å²) < 4.78 is 26.2. The molecule has 1 atom stereocenters. The molecular formula is C11H15BrClNO2S. The third kappa shape index (κ3) is 3.68. The largest absolute Gasteiger partial charge is 0.217 e. The first-order chi connectivity index (χ1) is 7.89. The lowest BCUT2D eigenvalue weighted by Crippen LogP contribution is -2.35. The van der Waals surface area contributed by atoms with Gasteiger partial charge in [-0.3, -0.25) is 0 Å². The van der Waals surface area contributed by atoms with Crippen LogP contribution in [-0.4, -0.2) is 30.9 Å². The topological polar surface area (TPSA) is 37.4 Å². The van der Waals surface area contributed by atoms with E-state index < -0.39 is 15.3 Å². The van der Waals surface area contributed by atoms with Crippen molar-refractivity contribution in [2.45, 2.75) is 18.7 Å². The summed E-state index contributed by atoms with van der Waals surface area (Å²) in [6.45, 7) is 1.95. The molecule has 3 nitrogen and oxygen atoms in total. The zero-order valence-corrected chi connectivity index (χ0v) is 12.9. The minimum Gasteiger partial charge on any atom is -0.212 e. The first kappa shape index (κ1) is 15.0. The Morgan fingerprint density at radius 1 is 1.41 bits per heavy atom. The predicted octanol–water partition coefficient (Wildman–Crippen LogP) is 2.84. The van der Waals surface area contributed by atoms with Gasteiger partial charge in [0, 0.05) is 23.9 Å². The van der Waals surface area contributed by atoms with Gasteiger partial charge in [0.25, 0.3) is 0 Å². The molecular weight excluding hydrogens is 326 g/mol. The fourth-order valence-corrected chi connectivity index (χ4v) is 3.32. The lowest BCUT2D eigenvalue weighted by atomic mass is 10.2. The molecule has 0 heterocycles. The van der Waals surface area contributed by atoms with E-state index in [1.165, 1.54) is 4.31 Å². The predicted molar refractivity (Wildman–Crippen MR) is 74.7 cm³/mol. The number of nitrogens with zero attached hydrogens (tertiary/aromatic N) is 1. The number of sulfonamides is 1. The Bertz CT molecular complexity index is 478. The summed E-state index contributed by atoms with van der Waals surface area (Å²) in [5, 5.41) is -0.573. The second-order valence-electron chi connectivity index (χ2n) is 3.86. The fraction of sp³-hybridized carbons (Fsp3) is 0.455. The summed E-state index contributed by atoms with van der Waals surface area (Å²) in [6.07, 6.45) is 0. The van der Waals surface area contributed by atoms with Gasteiger partial charge in [-0.05, 0) is 18.6 Å². The fourth-order valence-electron chi connectivity index (χ4n) is 1.34. The van der Waals surface area contributed by atoms with E-state index >= 15 is 0 Å². The van der Waals surface area contributed by atoms with Crippen LogP contribution in [0.15, 0.2) is 28.7 Å². The second kappa shape index (κ2) is 6.18. The van der Waals surface area contributed by atoms with Crippen LogP contribution in [0.4, 0.5) is 0 Å². The Morgan fingerprint density at radius 3 is 2.53 bits per heavy atom. The molecule has 0 aliphatic heterocycles.